The number of rotatable bonds is 3. The Morgan fingerprint density at radius 1 is 0.538 bits per heavy atom. The van der Waals surface area contributed by atoms with Crippen molar-refractivity contribution in [3.05, 3.63) is 163 Å². The van der Waals surface area contributed by atoms with Gasteiger partial charge in [0, 0.05) is 33.4 Å². The molecule has 184 valence electrons. The minimum Gasteiger partial charge on any atom is -0.330 e. The lowest BCUT2D eigenvalue weighted by Gasteiger charge is -2.35. The molecule has 0 fully saturated rings. The quantitative estimate of drug-likeness (QED) is 0.236. The van der Waals surface area contributed by atoms with Crippen molar-refractivity contribution in [3.8, 4) is 5.69 Å². The average Bonchev–Trinajstić information content (AvgIpc) is 3.21. The van der Waals surface area contributed by atoms with Crippen LogP contribution in [0.5, 0.6) is 0 Å². The Balaban J connectivity index is 1.29. The zero-order valence-electron chi connectivity index (χ0n) is 21.4. The number of hydrogen-bond donors (Lipinski definition) is 0. The van der Waals surface area contributed by atoms with Crippen LogP contribution >= 0.6 is 0 Å². The van der Waals surface area contributed by atoms with Gasteiger partial charge in [0.05, 0.1) is 17.1 Å². The summed E-state index contributed by atoms with van der Waals surface area (Å²) in [5, 5.41) is 2.55. The molecule has 1 aromatic heterocycles. The SMILES string of the molecule is C1=CC2C=C(C=C1c1ccc3c(c1)c1ccccc1n3-c1ccccc1)c1ccccc1N2c1ccccc1. The van der Waals surface area contributed by atoms with Crippen molar-refractivity contribution in [3.63, 3.8) is 0 Å². The van der Waals surface area contributed by atoms with E-state index < -0.39 is 0 Å². The lowest BCUT2D eigenvalue weighted by molar-refractivity contribution is 0.932. The van der Waals surface area contributed by atoms with Crippen LogP contribution in [0.15, 0.2) is 152 Å². The van der Waals surface area contributed by atoms with Crippen LogP contribution in [0.2, 0.25) is 0 Å². The summed E-state index contributed by atoms with van der Waals surface area (Å²) < 4.78 is 2.37. The van der Waals surface area contributed by atoms with Gasteiger partial charge in [-0.25, -0.2) is 0 Å². The van der Waals surface area contributed by atoms with E-state index in [-0.39, 0.29) is 6.04 Å². The first kappa shape index (κ1) is 22.0. The zero-order valence-corrected chi connectivity index (χ0v) is 21.4. The fraction of sp³-hybridized carbons (Fsp3) is 0.0270. The average molecular weight is 499 g/mol. The predicted molar refractivity (Wildman–Crippen MR) is 165 cm³/mol. The molecule has 1 aliphatic heterocycles. The second kappa shape index (κ2) is 8.75. The molecule has 0 radical (unpaired) electrons. The standard InChI is InChI=1S/C37H26N2/c1-3-11-29(12-4-1)38-31-21-19-26(23-28(24-31)32-15-7-9-17-35(32)38)27-20-22-37-34(25-27)33-16-8-10-18-36(33)39(37)30-13-5-2-6-14-30/h1-25,31H. The van der Waals surface area contributed by atoms with Crippen molar-refractivity contribution >= 4 is 44.3 Å². The summed E-state index contributed by atoms with van der Waals surface area (Å²) >= 11 is 0. The molecule has 39 heavy (non-hydrogen) atoms. The van der Waals surface area contributed by atoms with E-state index in [2.05, 4.69) is 161 Å². The molecule has 2 heteroatoms. The molecule has 6 aromatic rings. The molecule has 0 N–H and O–H groups in total. The maximum atomic E-state index is 2.43. The molecular formula is C37H26N2. The molecule has 8 rings (SSSR count). The maximum Gasteiger partial charge on any atom is 0.0718 e. The summed E-state index contributed by atoms with van der Waals surface area (Å²) in [4.78, 5) is 2.43. The third kappa shape index (κ3) is 3.49. The Kier molecular flexibility index (Phi) is 4.92. The summed E-state index contributed by atoms with van der Waals surface area (Å²) in [6.45, 7) is 0. The highest BCUT2D eigenvalue weighted by Gasteiger charge is 2.27. The summed E-state index contributed by atoms with van der Waals surface area (Å²) in [6.07, 6.45) is 9.38. The molecule has 1 aliphatic carbocycles. The molecule has 0 saturated carbocycles. The molecule has 5 aromatic carbocycles. The Morgan fingerprint density at radius 2 is 1.23 bits per heavy atom. The van der Waals surface area contributed by atoms with Gasteiger partial charge in [0.2, 0.25) is 0 Å². The van der Waals surface area contributed by atoms with Gasteiger partial charge in [-0.15, -0.1) is 0 Å². The first-order chi connectivity index (χ1) is 19.3. The van der Waals surface area contributed by atoms with Gasteiger partial charge in [-0.1, -0.05) is 91.0 Å². The van der Waals surface area contributed by atoms with E-state index in [1.165, 1.54) is 61.1 Å². The minimum absolute atomic E-state index is 0.148. The molecule has 2 nitrogen and oxygen atoms in total. The maximum absolute atomic E-state index is 2.43. The number of para-hydroxylation sites is 4. The van der Waals surface area contributed by atoms with Gasteiger partial charge in [-0.3, -0.25) is 0 Å². The van der Waals surface area contributed by atoms with Crippen molar-refractivity contribution in [2.75, 3.05) is 4.90 Å². The van der Waals surface area contributed by atoms with E-state index >= 15 is 0 Å². The van der Waals surface area contributed by atoms with Crippen molar-refractivity contribution < 1.29 is 0 Å². The highest BCUT2D eigenvalue weighted by molar-refractivity contribution is 6.10. The van der Waals surface area contributed by atoms with Crippen LogP contribution in [-0.4, -0.2) is 10.6 Å². The van der Waals surface area contributed by atoms with Crippen LogP contribution in [-0.2, 0) is 0 Å². The monoisotopic (exact) mass is 498 g/mol. The fourth-order valence-electron chi connectivity index (χ4n) is 6.21. The van der Waals surface area contributed by atoms with Gasteiger partial charge in [-0.2, -0.15) is 0 Å². The summed E-state index contributed by atoms with van der Waals surface area (Å²) in [5.41, 5.74) is 11.1. The molecule has 0 spiro atoms. The molecule has 2 aliphatic rings. The third-order valence-corrected chi connectivity index (χ3v) is 7.96. The topological polar surface area (TPSA) is 8.17 Å². The van der Waals surface area contributed by atoms with E-state index in [1.54, 1.807) is 0 Å². The van der Waals surface area contributed by atoms with Crippen molar-refractivity contribution in [2.45, 2.75) is 6.04 Å². The molecule has 1 atom stereocenters. The number of aromatic nitrogens is 1. The van der Waals surface area contributed by atoms with Crippen LogP contribution in [0.1, 0.15) is 11.1 Å². The highest BCUT2D eigenvalue weighted by atomic mass is 15.2. The van der Waals surface area contributed by atoms with Crippen molar-refractivity contribution in [1.29, 1.82) is 0 Å². The predicted octanol–water partition coefficient (Wildman–Crippen LogP) is 9.34. The Labute approximate surface area is 228 Å². The lowest BCUT2D eigenvalue weighted by atomic mass is 9.93. The third-order valence-electron chi connectivity index (χ3n) is 7.96. The molecular weight excluding hydrogens is 472 g/mol. The zero-order chi connectivity index (χ0) is 25.8. The summed E-state index contributed by atoms with van der Waals surface area (Å²) in [5.74, 6) is 0. The number of fused-ring (bicyclic) bond motifs is 6. The summed E-state index contributed by atoms with van der Waals surface area (Å²) in [6, 6.07) is 45.9. The lowest BCUT2D eigenvalue weighted by Crippen LogP contribution is -2.30. The van der Waals surface area contributed by atoms with E-state index in [4.69, 9.17) is 0 Å². The van der Waals surface area contributed by atoms with Gasteiger partial charge >= 0.3 is 0 Å². The molecule has 2 heterocycles. The fourth-order valence-corrected chi connectivity index (χ4v) is 6.21. The number of benzene rings is 5. The summed E-state index contributed by atoms with van der Waals surface area (Å²) in [7, 11) is 0. The van der Waals surface area contributed by atoms with Crippen LogP contribution < -0.4 is 4.90 Å². The van der Waals surface area contributed by atoms with Crippen LogP contribution in [0.3, 0.4) is 0 Å². The van der Waals surface area contributed by atoms with E-state index in [0.29, 0.717) is 0 Å². The van der Waals surface area contributed by atoms with Gasteiger partial charge in [0.1, 0.15) is 0 Å². The van der Waals surface area contributed by atoms with Crippen LogP contribution in [0.4, 0.5) is 11.4 Å². The van der Waals surface area contributed by atoms with Crippen molar-refractivity contribution in [2.24, 2.45) is 0 Å². The molecule has 2 bridgehead atoms. The second-order valence-corrected chi connectivity index (χ2v) is 10.2. The Hall–Kier alpha value is -5.08. The number of hydrogen-bond acceptors (Lipinski definition) is 1. The van der Waals surface area contributed by atoms with E-state index in [0.717, 1.165) is 0 Å². The largest absolute Gasteiger partial charge is 0.330 e. The van der Waals surface area contributed by atoms with Crippen molar-refractivity contribution in [1.82, 2.24) is 4.57 Å². The second-order valence-electron chi connectivity index (χ2n) is 10.2. The van der Waals surface area contributed by atoms with Crippen LogP contribution in [0.25, 0.3) is 38.6 Å². The number of allylic oxidation sites excluding steroid dienone is 4. The van der Waals surface area contributed by atoms with Gasteiger partial charge < -0.3 is 9.47 Å². The van der Waals surface area contributed by atoms with Crippen LogP contribution in [0, 0.1) is 0 Å². The number of anilines is 2. The van der Waals surface area contributed by atoms with E-state index in [9.17, 15) is 0 Å². The van der Waals surface area contributed by atoms with Gasteiger partial charge in [0.25, 0.3) is 0 Å². The normalized spacial score (nSPS) is 16.1. The molecule has 1 unspecified atom stereocenters. The minimum atomic E-state index is 0.148. The first-order valence-corrected chi connectivity index (χ1v) is 13.5. The van der Waals surface area contributed by atoms with Gasteiger partial charge in [-0.05, 0) is 77.4 Å². The first-order valence-electron chi connectivity index (χ1n) is 13.5. The van der Waals surface area contributed by atoms with E-state index in [1.807, 2.05) is 0 Å². The molecule has 0 saturated heterocycles. The molecule has 0 amide bonds. The smallest absolute Gasteiger partial charge is 0.0718 e. The Morgan fingerprint density at radius 3 is 2.08 bits per heavy atom. The Bertz CT molecular complexity index is 1960. The van der Waals surface area contributed by atoms with Gasteiger partial charge in [0.15, 0.2) is 0 Å². The highest BCUT2D eigenvalue weighted by Crippen LogP contribution is 2.43. The number of nitrogens with zero attached hydrogens (tertiary/aromatic N) is 2.